The van der Waals surface area contributed by atoms with Crippen LogP contribution in [-0.2, 0) is 4.79 Å². The Kier molecular flexibility index (Phi) is 5.15. The Hall–Kier alpha value is -1.62. The maximum absolute atomic E-state index is 11.4. The molecule has 0 aliphatic heterocycles. The maximum atomic E-state index is 11.4. The van der Waals surface area contributed by atoms with Crippen LogP contribution in [0.2, 0.25) is 0 Å². The Morgan fingerprint density at radius 3 is 2.74 bits per heavy atom. The van der Waals surface area contributed by atoms with Crippen molar-refractivity contribution in [2.24, 2.45) is 5.73 Å². The van der Waals surface area contributed by atoms with Gasteiger partial charge in [0.05, 0.1) is 11.9 Å². The SMILES string of the molecule is NCCC(=O)Nc1ccc(NC2CCCCC2)nc1. The number of hydrogen-bond acceptors (Lipinski definition) is 4. The lowest BCUT2D eigenvalue weighted by molar-refractivity contribution is -0.116. The number of carbonyl (C=O) groups excluding carboxylic acids is 1. The number of carbonyl (C=O) groups is 1. The zero-order chi connectivity index (χ0) is 13.5. The summed E-state index contributed by atoms with van der Waals surface area (Å²) in [7, 11) is 0. The molecule has 1 heterocycles. The van der Waals surface area contributed by atoms with Crippen molar-refractivity contribution in [3.05, 3.63) is 18.3 Å². The van der Waals surface area contributed by atoms with Gasteiger partial charge in [-0.2, -0.15) is 0 Å². The molecule has 2 rings (SSSR count). The molecule has 5 heteroatoms. The van der Waals surface area contributed by atoms with E-state index in [1.807, 2.05) is 12.1 Å². The molecule has 0 atom stereocenters. The Balaban J connectivity index is 1.85. The highest BCUT2D eigenvalue weighted by Crippen LogP contribution is 2.21. The fourth-order valence-electron chi connectivity index (χ4n) is 2.36. The molecule has 1 aliphatic carbocycles. The Morgan fingerprint density at radius 2 is 2.11 bits per heavy atom. The van der Waals surface area contributed by atoms with Crippen molar-refractivity contribution >= 4 is 17.4 Å². The largest absolute Gasteiger partial charge is 0.367 e. The van der Waals surface area contributed by atoms with Crippen LogP contribution in [0.3, 0.4) is 0 Å². The highest BCUT2D eigenvalue weighted by atomic mass is 16.1. The van der Waals surface area contributed by atoms with Crippen LogP contribution in [0.1, 0.15) is 38.5 Å². The zero-order valence-electron chi connectivity index (χ0n) is 11.2. The second-order valence-corrected chi connectivity index (χ2v) is 5.00. The van der Waals surface area contributed by atoms with Crippen LogP contribution in [-0.4, -0.2) is 23.5 Å². The number of nitrogens with zero attached hydrogens (tertiary/aromatic N) is 1. The summed E-state index contributed by atoms with van der Waals surface area (Å²) >= 11 is 0. The van der Waals surface area contributed by atoms with Crippen LogP contribution < -0.4 is 16.4 Å². The van der Waals surface area contributed by atoms with Crippen molar-refractivity contribution in [1.82, 2.24) is 4.98 Å². The zero-order valence-corrected chi connectivity index (χ0v) is 11.2. The minimum atomic E-state index is -0.0720. The topological polar surface area (TPSA) is 80.0 Å². The molecule has 0 bridgehead atoms. The van der Waals surface area contributed by atoms with Crippen LogP contribution in [0.5, 0.6) is 0 Å². The van der Waals surface area contributed by atoms with Crippen LogP contribution in [0.4, 0.5) is 11.5 Å². The molecule has 104 valence electrons. The van der Waals surface area contributed by atoms with Gasteiger partial charge in [-0.05, 0) is 25.0 Å². The molecule has 1 amide bonds. The molecule has 1 aliphatic rings. The first-order valence-corrected chi connectivity index (χ1v) is 7.00. The minimum absolute atomic E-state index is 0.0720. The van der Waals surface area contributed by atoms with Gasteiger partial charge in [-0.15, -0.1) is 0 Å². The summed E-state index contributed by atoms with van der Waals surface area (Å²) < 4.78 is 0. The van der Waals surface area contributed by atoms with Crippen molar-refractivity contribution in [3.63, 3.8) is 0 Å². The van der Waals surface area contributed by atoms with Crippen LogP contribution in [0.25, 0.3) is 0 Å². The second-order valence-electron chi connectivity index (χ2n) is 5.00. The third kappa shape index (κ3) is 4.52. The molecule has 1 aromatic rings. The molecular weight excluding hydrogens is 240 g/mol. The molecule has 19 heavy (non-hydrogen) atoms. The first kappa shape index (κ1) is 13.8. The number of nitrogens with two attached hydrogens (primary N) is 1. The van der Waals surface area contributed by atoms with E-state index in [1.54, 1.807) is 6.20 Å². The standard InChI is InChI=1S/C14H22N4O/c15-9-8-14(19)18-12-6-7-13(16-10-12)17-11-4-2-1-3-5-11/h6-7,10-11H,1-5,8-9,15H2,(H,16,17)(H,18,19). The Labute approximate surface area is 114 Å². The predicted octanol–water partition coefficient (Wildman–Crippen LogP) is 2.11. The lowest BCUT2D eigenvalue weighted by Gasteiger charge is -2.23. The van der Waals surface area contributed by atoms with E-state index in [1.165, 1.54) is 32.1 Å². The van der Waals surface area contributed by atoms with Gasteiger partial charge in [0.1, 0.15) is 5.82 Å². The van der Waals surface area contributed by atoms with Gasteiger partial charge in [0.25, 0.3) is 0 Å². The number of aromatic nitrogens is 1. The fraction of sp³-hybridized carbons (Fsp3) is 0.571. The molecule has 0 spiro atoms. The third-order valence-electron chi connectivity index (χ3n) is 3.38. The van der Waals surface area contributed by atoms with Crippen molar-refractivity contribution in [1.29, 1.82) is 0 Å². The molecule has 4 N–H and O–H groups in total. The van der Waals surface area contributed by atoms with E-state index < -0.39 is 0 Å². The van der Waals surface area contributed by atoms with Gasteiger partial charge in [0, 0.05) is 19.0 Å². The number of pyridine rings is 1. The van der Waals surface area contributed by atoms with Gasteiger partial charge >= 0.3 is 0 Å². The highest BCUT2D eigenvalue weighted by molar-refractivity contribution is 5.90. The average Bonchev–Trinajstić information content (AvgIpc) is 2.42. The van der Waals surface area contributed by atoms with Gasteiger partial charge in [0.2, 0.25) is 5.91 Å². The number of hydrogen-bond donors (Lipinski definition) is 3. The molecule has 1 saturated carbocycles. The van der Waals surface area contributed by atoms with Crippen LogP contribution in [0.15, 0.2) is 18.3 Å². The van der Waals surface area contributed by atoms with Crippen molar-refractivity contribution < 1.29 is 4.79 Å². The number of rotatable bonds is 5. The Bertz CT molecular complexity index is 398. The van der Waals surface area contributed by atoms with Crippen molar-refractivity contribution in [3.8, 4) is 0 Å². The molecule has 5 nitrogen and oxygen atoms in total. The highest BCUT2D eigenvalue weighted by Gasteiger charge is 2.13. The van der Waals surface area contributed by atoms with Gasteiger partial charge in [0.15, 0.2) is 0 Å². The molecule has 0 unspecified atom stereocenters. The maximum Gasteiger partial charge on any atom is 0.225 e. The second kappa shape index (κ2) is 7.09. The van der Waals surface area contributed by atoms with Crippen LogP contribution in [0, 0.1) is 0 Å². The summed E-state index contributed by atoms with van der Waals surface area (Å²) in [4.78, 5) is 15.7. The summed E-state index contributed by atoms with van der Waals surface area (Å²) in [6.45, 7) is 0.362. The summed E-state index contributed by atoms with van der Waals surface area (Å²) in [5.74, 6) is 0.806. The van der Waals surface area contributed by atoms with E-state index in [9.17, 15) is 4.79 Å². The molecular formula is C14H22N4O. The molecule has 1 aromatic heterocycles. The quantitative estimate of drug-likeness (QED) is 0.759. The Morgan fingerprint density at radius 1 is 1.32 bits per heavy atom. The average molecular weight is 262 g/mol. The van der Waals surface area contributed by atoms with Crippen molar-refractivity contribution in [2.45, 2.75) is 44.6 Å². The first-order valence-electron chi connectivity index (χ1n) is 7.00. The normalized spacial score (nSPS) is 16.1. The molecule has 0 aromatic carbocycles. The van der Waals surface area contributed by atoms with Crippen LogP contribution >= 0.6 is 0 Å². The lowest BCUT2D eigenvalue weighted by Crippen LogP contribution is -2.22. The summed E-state index contributed by atoms with van der Waals surface area (Å²) in [5.41, 5.74) is 6.04. The predicted molar refractivity (Wildman–Crippen MR) is 77.0 cm³/mol. The molecule has 1 fully saturated rings. The van der Waals surface area contributed by atoms with Gasteiger partial charge in [-0.25, -0.2) is 4.98 Å². The number of nitrogens with one attached hydrogen (secondary N) is 2. The van der Waals surface area contributed by atoms with Crippen molar-refractivity contribution in [2.75, 3.05) is 17.2 Å². The van der Waals surface area contributed by atoms with E-state index >= 15 is 0 Å². The summed E-state index contributed by atoms with van der Waals surface area (Å²) in [6.07, 6.45) is 8.39. The van der Waals surface area contributed by atoms with Gasteiger partial charge in [-0.1, -0.05) is 19.3 Å². The third-order valence-corrected chi connectivity index (χ3v) is 3.38. The van der Waals surface area contributed by atoms with E-state index in [0.29, 0.717) is 24.7 Å². The lowest BCUT2D eigenvalue weighted by atomic mass is 9.95. The number of anilines is 2. The summed E-state index contributed by atoms with van der Waals surface area (Å²) in [6, 6.07) is 4.32. The van der Waals surface area contributed by atoms with E-state index in [0.717, 1.165) is 5.82 Å². The van der Waals surface area contributed by atoms with Gasteiger partial charge < -0.3 is 16.4 Å². The van der Waals surface area contributed by atoms with E-state index in [4.69, 9.17) is 5.73 Å². The first-order chi connectivity index (χ1) is 9.28. The summed E-state index contributed by atoms with van der Waals surface area (Å²) in [5, 5.41) is 6.21. The smallest absolute Gasteiger partial charge is 0.225 e. The fourth-order valence-corrected chi connectivity index (χ4v) is 2.36. The number of amides is 1. The molecule has 0 radical (unpaired) electrons. The van der Waals surface area contributed by atoms with E-state index in [-0.39, 0.29) is 5.91 Å². The molecule has 0 saturated heterocycles. The van der Waals surface area contributed by atoms with Gasteiger partial charge in [-0.3, -0.25) is 4.79 Å². The monoisotopic (exact) mass is 262 g/mol. The van der Waals surface area contributed by atoms with E-state index in [2.05, 4.69) is 15.6 Å². The minimum Gasteiger partial charge on any atom is -0.367 e.